The molecule has 10 rings (SSSR count). The van der Waals surface area contributed by atoms with Gasteiger partial charge in [0.05, 0.1) is 40.7 Å². The number of carbonyl (C=O) groups is 2. The van der Waals surface area contributed by atoms with Gasteiger partial charge in [0.25, 0.3) is 5.56 Å². The summed E-state index contributed by atoms with van der Waals surface area (Å²) in [6.07, 6.45) is 4.99. The highest BCUT2D eigenvalue weighted by Crippen LogP contribution is 2.46. The number of carbonyl (C=O) groups excluding carboxylic acids is 2. The van der Waals surface area contributed by atoms with Crippen molar-refractivity contribution in [2.24, 2.45) is 31.8 Å². The molecule has 3 saturated heterocycles. The van der Waals surface area contributed by atoms with Crippen molar-refractivity contribution < 1.29 is 36.3 Å². The number of fused-ring (bicyclic) bond motifs is 4. The average molecular weight is 923 g/mol. The van der Waals surface area contributed by atoms with E-state index in [1.54, 1.807) is 7.05 Å². The van der Waals surface area contributed by atoms with Gasteiger partial charge in [-0.2, -0.15) is 10.1 Å². The number of amides is 2. The van der Waals surface area contributed by atoms with Crippen LogP contribution in [0.5, 0.6) is 5.75 Å². The summed E-state index contributed by atoms with van der Waals surface area (Å²) in [7, 11) is 3.01. The molecule has 14 nitrogen and oxygen atoms in total. The highest BCUT2D eigenvalue weighted by molar-refractivity contribution is 6.33. The van der Waals surface area contributed by atoms with Crippen LogP contribution in [0.1, 0.15) is 75.0 Å². The second kappa shape index (κ2) is 16.4. The van der Waals surface area contributed by atoms with E-state index in [1.807, 2.05) is 4.90 Å². The lowest BCUT2D eigenvalue weighted by atomic mass is 9.84. The standard InChI is InChI=1S/C45H48ClF5N10O4/c1-21-18-61(13-10-24(21)19-60-11-8-22(9-12-60)34-30(48)14-27-36(57-59(3)38(27)35(34)49)25-6-7-33(62)54-42(25)63)44-52-17-28(46)41(56-44)53-31-15-26-32(16-29(31)47)58(2)43(64)39-37(26)55-40(23-4-5-23)45(50,51)20-65-39/h14-17,21-25,40,55H,4-13,18-20H2,1-3H3,(H,52,53,56)(H,54,62,63)/t21-,24-,25?,40-/m0/s1. The van der Waals surface area contributed by atoms with Crippen molar-refractivity contribution >= 4 is 68.4 Å². The first-order valence-corrected chi connectivity index (χ1v) is 22.5. The maximum Gasteiger partial charge on any atom is 0.301 e. The van der Waals surface area contributed by atoms with Gasteiger partial charge >= 0.3 is 5.92 Å². The first-order chi connectivity index (χ1) is 31.1. The second-order valence-corrected chi connectivity index (χ2v) is 18.9. The van der Waals surface area contributed by atoms with E-state index in [2.05, 4.69) is 37.9 Å². The fraction of sp³-hybridized carbons (Fsp3) is 0.511. The number of benzene rings is 2. The van der Waals surface area contributed by atoms with E-state index in [4.69, 9.17) is 21.3 Å². The summed E-state index contributed by atoms with van der Waals surface area (Å²) in [6.45, 7) is 4.62. The molecule has 0 radical (unpaired) electrons. The molecule has 3 N–H and O–H groups in total. The highest BCUT2D eigenvalue weighted by Gasteiger charge is 2.51. The first-order valence-electron chi connectivity index (χ1n) is 22.1. The monoisotopic (exact) mass is 922 g/mol. The number of imide groups is 1. The Morgan fingerprint density at radius 1 is 0.969 bits per heavy atom. The van der Waals surface area contributed by atoms with Crippen molar-refractivity contribution in [2.75, 3.05) is 54.9 Å². The van der Waals surface area contributed by atoms with E-state index in [0.29, 0.717) is 69.1 Å². The topological polar surface area (TPSA) is 152 Å². The molecule has 2 amide bonds. The Morgan fingerprint density at radius 2 is 1.74 bits per heavy atom. The Bertz CT molecular complexity index is 2830. The lowest BCUT2D eigenvalue weighted by molar-refractivity contribution is -0.134. The van der Waals surface area contributed by atoms with Crippen LogP contribution in [0.25, 0.3) is 21.8 Å². The number of rotatable bonds is 8. The van der Waals surface area contributed by atoms with Gasteiger partial charge in [-0.1, -0.05) is 18.5 Å². The summed E-state index contributed by atoms with van der Waals surface area (Å²) in [4.78, 5) is 51.2. The van der Waals surface area contributed by atoms with Gasteiger partial charge in [-0.05, 0) is 87.4 Å². The molecule has 1 saturated carbocycles. The zero-order chi connectivity index (χ0) is 45.6. The van der Waals surface area contributed by atoms with Crippen molar-refractivity contribution in [1.29, 1.82) is 0 Å². The zero-order valence-corrected chi connectivity index (χ0v) is 36.8. The minimum Gasteiger partial charge on any atom is -0.480 e. The molecule has 65 heavy (non-hydrogen) atoms. The third-order valence-corrected chi connectivity index (χ3v) is 14.5. The Balaban J connectivity index is 0.801. The third-order valence-electron chi connectivity index (χ3n) is 14.2. The number of ether oxygens (including phenoxy) is 1. The fourth-order valence-corrected chi connectivity index (χ4v) is 10.5. The van der Waals surface area contributed by atoms with Crippen molar-refractivity contribution in [3.63, 3.8) is 0 Å². The van der Waals surface area contributed by atoms with Gasteiger partial charge in [0.15, 0.2) is 18.2 Å². The number of hydrogen-bond acceptors (Lipinski definition) is 11. The number of likely N-dealkylation sites (tertiary alicyclic amines) is 1. The van der Waals surface area contributed by atoms with Crippen LogP contribution >= 0.6 is 11.6 Å². The van der Waals surface area contributed by atoms with Crippen LogP contribution in [-0.4, -0.2) is 92.3 Å². The smallest absolute Gasteiger partial charge is 0.301 e. The molecular formula is C45H48ClF5N10O4. The Hall–Kier alpha value is -5.56. The molecule has 344 valence electrons. The van der Waals surface area contributed by atoms with Crippen LogP contribution in [0.3, 0.4) is 0 Å². The predicted molar refractivity (Wildman–Crippen MR) is 234 cm³/mol. The minimum atomic E-state index is -3.23. The lowest BCUT2D eigenvalue weighted by Crippen LogP contribution is -2.45. The number of piperidine rings is 3. The predicted octanol–water partition coefficient (Wildman–Crippen LogP) is 7.11. The fourth-order valence-electron chi connectivity index (χ4n) is 10.4. The molecule has 1 unspecified atom stereocenters. The van der Waals surface area contributed by atoms with Crippen molar-refractivity contribution in [3.8, 4) is 5.75 Å². The molecule has 0 bridgehead atoms. The Morgan fingerprint density at radius 3 is 2.46 bits per heavy atom. The van der Waals surface area contributed by atoms with Crippen LogP contribution in [0.2, 0.25) is 5.02 Å². The number of pyridine rings is 1. The van der Waals surface area contributed by atoms with Crippen LogP contribution in [0, 0.1) is 35.2 Å². The average Bonchev–Trinajstić information content (AvgIpc) is 4.07. The van der Waals surface area contributed by atoms with Crippen molar-refractivity contribution in [3.05, 3.63) is 68.5 Å². The van der Waals surface area contributed by atoms with Gasteiger partial charge in [-0.3, -0.25) is 24.4 Å². The summed E-state index contributed by atoms with van der Waals surface area (Å²) < 4.78 is 86.3. The van der Waals surface area contributed by atoms with Crippen molar-refractivity contribution in [1.82, 2.24) is 34.5 Å². The van der Waals surface area contributed by atoms with Gasteiger partial charge in [-0.15, -0.1) is 0 Å². The number of halogens is 6. The molecule has 5 aromatic rings. The van der Waals surface area contributed by atoms with Gasteiger partial charge in [-0.25, -0.2) is 26.9 Å². The quantitative estimate of drug-likeness (QED) is 0.108. The number of nitrogens with one attached hydrogen (secondary N) is 3. The maximum absolute atomic E-state index is 16.2. The van der Waals surface area contributed by atoms with Gasteiger partial charge in [0, 0.05) is 62.6 Å². The van der Waals surface area contributed by atoms with Gasteiger partial charge < -0.3 is 29.7 Å². The molecule has 4 atom stereocenters. The summed E-state index contributed by atoms with van der Waals surface area (Å²) >= 11 is 6.57. The molecule has 2 aromatic carbocycles. The summed E-state index contributed by atoms with van der Waals surface area (Å²) in [5.41, 5.74) is 0.0337. The maximum atomic E-state index is 16.2. The number of hydrogen-bond donors (Lipinski definition) is 3. The molecule has 4 fully saturated rings. The van der Waals surface area contributed by atoms with Gasteiger partial charge in [0.2, 0.25) is 23.5 Å². The zero-order valence-electron chi connectivity index (χ0n) is 36.0. The normalized spacial score (nSPS) is 24.1. The highest BCUT2D eigenvalue weighted by atomic mass is 35.5. The lowest BCUT2D eigenvalue weighted by Gasteiger charge is -2.41. The van der Waals surface area contributed by atoms with E-state index in [1.165, 1.54) is 40.7 Å². The molecule has 3 aromatic heterocycles. The van der Waals surface area contributed by atoms with Crippen LogP contribution in [0.15, 0.2) is 29.2 Å². The summed E-state index contributed by atoms with van der Waals surface area (Å²) in [5.74, 6) is -6.72. The van der Waals surface area contributed by atoms with Crippen LogP contribution in [0.4, 0.5) is 45.1 Å². The molecule has 1 aliphatic carbocycles. The molecule has 5 aliphatic rings. The summed E-state index contributed by atoms with van der Waals surface area (Å²) in [5, 5.41) is 13.3. The molecular weight excluding hydrogens is 875 g/mol. The number of alkyl halides is 2. The SMILES string of the molecule is C[C@H]1CN(c2ncc(Cl)c(Nc3cc4c5c(c(=O)n(C)c4cc3F)OCC(F)(F)[C@H](C3CC3)N5)n2)CC[C@H]1CN1CCC(c2c(F)cc3c(C4CCC(=O)NC4=O)nn(C)c3c2F)CC1. The molecule has 4 aliphatic heterocycles. The van der Waals surface area contributed by atoms with E-state index < -0.39 is 53.4 Å². The molecule has 20 heteroatoms. The minimum absolute atomic E-state index is 0.0385. The number of aromatic nitrogens is 5. The van der Waals surface area contributed by atoms with Gasteiger partial charge in [0.1, 0.15) is 22.2 Å². The van der Waals surface area contributed by atoms with E-state index in [9.17, 15) is 14.4 Å². The first kappa shape index (κ1) is 43.3. The molecule has 7 heterocycles. The van der Waals surface area contributed by atoms with Crippen LogP contribution < -0.4 is 31.1 Å². The largest absolute Gasteiger partial charge is 0.480 e. The third kappa shape index (κ3) is 7.80. The Labute approximate surface area is 374 Å². The van der Waals surface area contributed by atoms with E-state index in [-0.39, 0.29) is 92.1 Å². The second-order valence-electron chi connectivity index (χ2n) is 18.5. The van der Waals surface area contributed by atoms with E-state index >= 15 is 22.0 Å². The number of anilines is 4. The summed E-state index contributed by atoms with van der Waals surface area (Å²) in [6, 6.07) is 2.64. The van der Waals surface area contributed by atoms with E-state index in [0.717, 1.165) is 13.0 Å². The number of aryl methyl sites for hydroxylation is 2. The molecule has 0 spiro atoms. The number of nitrogens with zero attached hydrogens (tertiary/aromatic N) is 7. The Kier molecular flexibility index (Phi) is 10.9. The van der Waals surface area contributed by atoms with Crippen LogP contribution in [-0.2, 0) is 23.7 Å². The van der Waals surface area contributed by atoms with Crippen molar-refractivity contribution in [2.45, 2.75) is 75.7 Å².